The molecular weight excluding hydrogens is 322 g/mol. The molecule has 2 aromatic heterocycles. The van der Waals surface area contributed by atoms with Gasteiger partial charge in [-0.1, -0.05) is 0 Å². The molecule has 9 heteroatoms. The van der Waals surface area contributed by atoms with E-state index in [4.69, 9.17) is 0 Å². The van der Waals surface area contributed by atoms with Crippen molar-refractivity contribution in [2.75, 3.05) is 5.75 Å². The zero-order valence-electron chi connectivity index (χ0n) is 12.6. The molecule has 3 rings (SSSR count). The van der Waals surface area contributed by atoms with E-state index < -0.39 is 10.0 Å². The number of fused-ring (bicyclic) bond motifs is 1. The monoisotopic (exact) mass is 341 g/mol. The number of sulfonamides is 1. The molecule has 7 nitrogen and oxygen atoms in total. The van der Waals surface area contributed by atoms with Crippen molar-refractivity contribution in [1.82, 2.24) is 24.5 Å². The summed E-state index contributed by atoms with van der Waals surface area (Å²) >= 11 is 1.59. The summed E-state index contributed by atoms with van der Waals surface area (Å²) in [6.07, 6.45) is 2.20. The molecule has 22 heavy (non-hydrogen) atoms. The Morgan fingerprint density at radius 2 is 2.23 bits per heavy atom. The predicted octanol–water partition coefficient (Wildman–Crippen LogP) is 1.35. The Morgan fingerprint density at radius 3 is 2.91 bits per heavy atom. The van der Waals surface area contributed by atoms with Crippen molar-refractivity contribution in [3.8, 4) is 11.5 Å². The fourth-order valence-electron chi connectivity index (χ4n) is 2.60. The molecule has 0 saturated carbocycles. The molecule has 0 aliphatic carbocycles. The van der Waals surface area contributed by atoms with E-state index in [-0.39, 0.29) is 11.8 Å². The fraction of sp³-hybridized carbons (Fsp3) is 0.615. The largest absolute Gasteiger partial charge is 0.310 e. The maximum Gasteiger partial charge on any atom is 0.211 e. The Hall–Kier alpha value is -1.32. The van der Waals surface area contributed by atoms with E-state index in [1.165, 1.54) is 0 Å². The van der Waals surface area contributed by atoms with Crippen molar-refractivity contribution in [2.24, 2.45) is 0 Å². The number of thiazole rings is 1. The van der Waals surface area contributed by atoms with Gasteiger partial charge in [-0.25, -0.2) is 18.1 Å². The van der Waals surface area contributed by atoms with Crippen molar-refractivity contribution in [1.29, 1.82) is 0 Å². The Bertz CT molecular complexity index is 765. The average Bonchev–Trinajstić information content (AvgIpc) is 3.03. The van der Waals surface area contributed by atoms with Crippen molar-refractivity contribution >= 4 is 21.4 Å². The maximum absolute atomic E-state index is 11.7. The number of aromatic nitrogens is 4. The van der Waals surface area contributed by atoms with Crippen LogP contribution in [0.5, 0.6) is 0 Å². The molecule has 0 radical (unpaired) electrons. The van der Waals surface area contributed by atoms with Gasteiger partial charge in [-0.05, 0) is 26.7 Å². The van der Waals surface area contributed by atoms with Gasteiger partial charge in [-0.2, -0.15) is 0 Å². The van der Waals surface area contributed by atoms with Crippen LogP contribution in [0.2, 0.25) is 0 Å². The van der Waals surface area contributed by atoms with E-state index in [2.05, 4.69) is 24.5 Å². The highest BCUT2D eigenvalue weighted by molar-refractivity contribution is 7.89. The summed E-state index contributed by atoms with van der Waals surface area (Å²) in [5, 5.41) is 11.5. The molecule has 1 atom stereocenters. The second-order valence-electron chi connectivity index (χ2n) is 5.39. The Kier molecular flexibility index (Phi) is 4.28. The van der Waals surface area contributed by atoms with Crippen molar-refractivity contribution < 1.29 is 8.42 Å². The molecule has 1 N–H and O–H groups in total. The van der Waals surface area contributed by atoms with Gasteiger partial charge in [0.05, 0.1) is 10.8 Å². The number of hydrogen-bond acceptors (Lipinski definition) is 6. The van der Waals surface area contributed by atoms with Crippen LogP contribution in [-0.2, 0) is 23.0 Å². The lowest BCUT2D eigenvalue weighted by Crippen LogP contribution is -2.36. The topological polar surface area (TPSA) is 89.8 Å². The van der Waals surface area contributed by atoms with Crippen LogP contribution >= 0.6 is 11.3 Å². The lowest BCUT2D eigenvalue weighted by atomic mass is 10.1. The van der Waals surface area contributed by atoms with Crippen LogP contribution in [0.3, 0.4) is 0 Å². The van der Waals surface area contributed by atoms with Crippen molar-refractivity contribution in [2.45, 2.75) is 45.7 Å². The third kappa shape index (κ3) is 3.21. The first-order chi connectivity index (χ1) is 10.5. The van der Waals surface area contributed by atoms with Gasteiger partial charge >= 0.3 is 0 Å². The first-order valence-electron chi connectivity index (χ1n) is 7.33. The van der Waals surface area contributed by atoms with E-state index in [1.807, 2.05) is 12.3 Å². The lowest BCUT2D eigenvalue weighted by Gasteiger charge is -2.15. The summed E-state index contributed by atoms with van der Waals surface area (Å²) in [7, 11) is -3.17. The number of nitrogens with one attached hydrogen (secondary N) is 1. The molecule has 1 unspecified atom stereocenters. The third-order valence-electron chi connectivity index (χ3n) is 3.82. The highest BCUT2D eigenvalue weighted by atomic mass is 32.2. The molecule has 0 bridgehead atoms. The van der Waals surface area contributed by atoms with Gasteiger partial charge in [-0.3, -0.25) is 0 Å². The van der Waals surface area contributed by atoms with Gasteiger partial charge in [-0.15, -0.1) is 21.5 Å². The lowest BCUT2D eigenvalue weighted by molar-refractivity contribution is 0.498. The van der Waals surface area contributed by atoms with Crippen LogP contribution in [0.1, 0.15) is 30.6 Å². The van der Waals surface area contributed by atoms with Gasteiger partial charge in [0.15, 0.2) is 5.82 Å². The minimum Gasteiger partial charge on any atom is -0.310 e. The molecular formula is C13H19N5O2S2. The highest BCUT2D eigenvalue weighted by Gasteiger charge is 2.24. The number of rotatable bonds is 4. The summed E-state index contributed by atoms with van der Waals surface area (Å²) in [6.45, 7) is 4.31. The molecule has 1 aliphatic rings. The molecule has 0 spiro atoms. The van der Waals surface area contributed by atoms with Gasteiger partial charge in [0.2, 0.25) is 10.0 Å². The quantitative estimate of drug-likeness (QED) is 0.907. The molecule has 2 aromatic rings. The smallest absolute Gasteiger partial charge is 0.211 e. The van der Waals surface area contributed by atoms with Crippen LogP contribution in [0.4, 0.5) is 0 Å². The average molecular weight is 341 g/mol. The predicted molar refractivity (Wildman–Crippen MR) is 85.2 cm³/mol. The second-order valence-corrected chi connectivity index (χ2v) is 8.49. The number of hydrogen-bond donors (Lipinski definition) is 1. The van der Waals surface area contributed by atoms with Crippen molar-refractivity contribution in [3.63, 3.8) is 0 Å². The van der Waals surface area contributed by atoms with Gasteiger partial charge in [0.25, 0.3) is 0 Å². The first kappa shape index (κ1) is 15.6. The summed E-state index contributed by atoms with van der Waals surface area (Å²) < 4.78 is 28.3. The number of nitrogens with zero attached hydrogens (tertiary/aromatic N) is 4. The Morgan fingerprint density at radius 1 is 1.41 bits per heavy atom. The van der Waals surface area contributed by atoms with Crippen LogP contribution < -0.4 is 4.72 Å². The van der Waals surface area contributed by atoms with E-state index in [0.29, 0.717) is 13.0 Å². The molecule has 0 saturated heterocycles. The van der Waals surface area contributed by atoms with Crippen LogP contribution in [0, 0.1) is 6.92 Å². The molecule has 120 valence electrons. The molecule has 1 aliphatic heterocycles. The minimum absolute atomic E-state index is 0.0447. The van der Waals surface area contributed by atoms with Crippen LogP contribution in [0.25, 0.3) is 11.5 Å². The second kappa shape index (κ2) is 6.05. The molecule has 0 aromatic carbocycles. The Balaban J connectivity index is 1.79. The summed E-state index contributed by atoms with van der Waals surface area (Å²) in [6, 6.07) is -0.0447. The summed E-state index contributed by atoms with van der Waals surface area (Å²) in [4.78, 5) is 4.47. The number of aryl methyl sites for hydroxylation is 2. The summed E-state index contributed by atoms with van der Waals surface area (Å²) in [5.74, 6) is 1.79. The van der Waals surface area contributed by atoms with Gasteiger partial charge in [0.1, 0.15) is 11.5 Å². The van der Waals surface area contributed by atoms with E-state index in [1.54, 1.807) is 18.3 Å². The molecule has 0 amide bonds. The zero-order chi connectivity index (χ0) is 15.7. The fourth-order valence-corrected chi connectivity index (χ4v) is 4.10. The van der Waals surface area contributed by atoms with E-state index in [9.17, 15) is 8.42 Å². The first-order valence-corrected chi connectivity index (χ1v) is 9.86. The van der Waals surface area contributed by atoms with Gasteiger partial charge < -0.3 is 4.57 Å². The van der Waals surface area contributed by atoms with Crippen LogP contribution in [-0.4, -0.2) is 40.0 Å². The van der Waals surface area contributed by atoms with E-state index in [0.717, 1.165) is 35.2 Å². The molecule has 3 heterocycles. The summed E-state index contributed by atoms with van der Waals surface area (Å²) in [5.41, 5.74) is 0.842. The highest BCUT2D eigenvalue weighted by Crippen LogP contribution is 2.24. The third-order valence-corrected chi connectivity index (χ3v) is 6.05. The normalized spacial score (nSPS) is 18.9. The maximum atomic E-state index is 11.7. The van der Waals surface area contributed by atoms with Crippen molar-refractivity contribution in [3.05, 3.63) is 16.2 Å². The van der Waals surface area contributed by atoms with E-state index >= 15 is 0 Å². The van der Waals surface area contributed by atoms with Crippen LogP contribution in [0.15, 0.2) is 5.38 Å². The zero-order valence-corrected chi connectivity index (χ0v) is 14.2. The standard InChI is InChI=1S/C13H19N5O2S2/c1-3-22(19,20)17-10-4-5-12-15-16-13(18(12)7-6-10)11-8-21-9(2)14-11/h8,10,17H,3-7H2,1-2H3. The minimum atomic E-state index is -3.17. The Labute approximate surface area is 133 Å². The molecule has 0 fully saturated rings. The SMILES string of the molecule is CCS(=O)(=O)NC1CCc2nnc(-c3csc(C)n3)n2CC1. The van der Waals surface area contributed by atoms with Gasteiger partial charge in [0, 0.05) is 24.4 Å².